The quantitative estimate of drug-likeness (QED) is 0.319. The molecule has 1 aliphatic carbocycles. The summed E-state index contributed by atoms with van der Waals surface area (Å²) in [6.07, 6.45) is 4.70. The van der Waals surface area contributed by atoms with Gasteiger partial charge in [0.2, 0.25) is 0 Å². The monoisotopic (exact) mass is 556 g/mol. The fourth-order valence-corrected chi connectivity index (χ4v) is 4.74. The van der Waals surface area contributed by atoms with Crippen molar-refractivity contribution in [1.82, 2.24) is 10.0 Å². The Morgan fingerprint density at radius 1 is 1.10 bits per heavy atom. The SMILES string of the molecule is CC.CCC1C=CC(OC(F)(F)F)=CC1.CCc1cc(C2=CN(Cc3ccccc3)N(C)C2)cc(C)c1C(C)=O. The topological polar surface area (TPSA) is 32.8 Å². The lowest BCUT2D eigenvalue weighted by atomic mass is 9.92. The van der Waals surface area contributed by atoms with Crippen molar-refractivity contribution >= 4 is 11.4 Å². The van der Waals surface area contributed by atoms with Gasteiger partial charge in [0.15, 0.2) is 5.78 Å². The molecule has 0 saturated carbocycles. The van der Waals surface area contributed by atoms with Gasteiger partial charge in [0.05, 0.1) is 6.54 Å². The van der Waals surface area contributed by atoms with Crippen LogP contribution in [0.3, 0.4) is 0 Å². The summed E-state index contributed by atoms with van der Waals surface area (Å²) in [5.41, 5.74) is 6.93. The Bertz CT molecular complexity index is 1200. The van der Waals surface area contributed by atoms with Gasteiger partial charge in [-0.1, -0.05) is 76.2 Å². The lowest BCUT2D eigenvalue weighted by molar-refractivity contribution is -0.303. The number of alkyl halides is 3. The molecule has 2 aromatic carbocycles. The van der Waals surface area contributed by atoms with Crippen molar-refractivity contribution in [3.05, 3.63) is 100 Å². The lowest BCUT2D eigenvalue weighted by Crippen LogP contribution is -2.30. The molecule has 218 valence electrons. The molecule has 1 aliphatic heterocycles. The van der Waals surface area contributed by atoms with E-state index in [-0.39, 0.29) is 11.5 Å². The smallest absolute Gasteiger partial charge is 0.406 e. The molecule has 7 heteroatoms. The maximum absolute atomic E-state index is 12.0. The van der Waals surface area contributed by atoms with Crippen LogP contribution in [0.4, 0.5) is 13.2 Å². The summed E-state index contributed by atoms with van der Waals surface area (Å²) in [7, 11) is 2.12. The van der Waals surface area contributed by atoms with E-state index < -0.39 is 6.36 Å². The van der Waals surface area contributed by atoms with Gasteiger partial charge < -0.3 is 9.75 Å². The minimum Gasteiger partial charge on any atom is -0.406 e. The summed E-state index contributed by atoms with van der Waals surface area (Å²) >= 11 is 0. The second kappa shape index (κ2) is 15.5. The van der Waals surface area contributed by atoms with E-state index >= 15 is 0 Å². The van der Waals surface area contributed by atoms with E-state index in [1.165, 1.54) is 28.9 Å². The molecule has 0 N–H and O–H groups in total. The Kier molecular flexibility index (Phi) is 12.7. The van der Waals surface area contributed by atoms with E-state index in [0.717, 1.165) is 42.6 Å². The van der Waals surface area contributed by atoms with Crippen LogP contribution < -0.4 is 0 Å². The number of ketones is 1. The number of aryl methyl sites for hydroxylation is 2. The molecule has 0 amide bonds. The van der Waals surface area contributed by atoms with Crippen molar-refractivity contribution in [2.75, 3.05) is 13.6 Å². The number of benzene rings is 2. The van der Waals surface area contributed by atoms with Gasteiger partial charge >= 0.3 is 6.36 Å². The summed E-state index contributed by atoms with van der Waals surface area (Å²) in [6, 6.07) is 14.9. The van der Waals surface area contributed by atoms with Crippen LogP contribution in [0.5, 0.6) is 0 Å². The van der Waals surface area contributed by atoms with Crippen LogP contribution in [-0.4, -0.2) is 35.8 Å². The van der Waals surface area contributed by atoms with Crippen molar-refractivity contribution < 1.29 is 22.7 Å². The third kappa shape index (κ3) is 9.70. The summed E-state index contributed by atoms with van der Waals surface area (Å²) in [5, 5.41) is 4.49. The minimum atomic E-state index is -4.57. The number of rotatable bonds is 7. The second-order valence-corrected chi connectivity index (χ2v) is 9.71. The van der Waals surface area contributed by atoms with Crippen LogP contribution in [0.1, 0.15) is 80.1 Å². The average molecular weight is 557 g/mol. The van der Waals surface area contributed by atoms with Crippen molar-refractivity contribution in [1.29, 1.82) is 0 Å². The molecule has 0 saturated heterocycles. The highest BCUT2D eigenvalue weighted by molar-refractivity contribution is 5.97. The Balaban J connectivity index is 0.000000315. The van der Waals surface area contributed by atoms with Gasteiger partial charge in [0.1, 0.15) is 5.76 Å². The summed E-state index contributed by atoms with van der Waals surface area (Å²) in [5.74, 6) is 0.405. The maximum Gasteiger partial charge on any atom is 0.573 e. The van der Waals surface area contributed by atoms with E-state index in [0.29, 0.717) is 12.3 Å². The molecule has 0 aromatic heterocycles. The normalized spacial score (nSPS) is 16.8. The molecule has 0 fully saturated rings. The van der Waals surface area contributed by atoms with E-state index in [2.05, 4.69) is 71.3 Å². The molecule has 1 unspecified atom stereocenters. The highest BCUT2D eigenvalue weighted by atomic mass is 19.4. The predicted octanol–water partition coefficient (Wildman–Crippen LogP) is 8.88. The van der Waals surface area contributed by atoms with Gasteiger partial charge in [-0.3, -0.25) is 4.79 Å². The number of hydrazine groups is 1. The zero-order valence-electron chi connectivity index (χ0n) is 24.8. The first-order chi connectivity index (χ1) is 19.0. The number of carbonyl (C=O) groups excluding carboxylic acids is 1. The fraction of sp³-hybridized carbons (Fsp3) is 0.424. The van der Waals surface area contributed by atoms with E-state index in [1.807, 2.05) is 33.8 Å². The van der Waals surface area contributed by atoms with Gasteiger partial charge in [-0.2, -0.15) is 0 Å². The Labute approximate surface area is 237 Å². The lowest BCUT2D eigenvalue weighted by Gasteiger charge is -2.24. The van der Waals surface area contributed by atoms with Crippen molar-refractivity contribution in [3.8, 4) is 0 Å². The average Bonchev–Trinajstić information content (AvgIpc) is 3.29. The Morgan fingerprint density at radius 3 is 2.30 bits per heavy atom. The molecule has 4 rings (SSSR count). The predicted molar refractivity (Wildman–Crippen MR) is 157 cm³/mol. The van der Waals surface area contributed by atoms with Crippen LogP contribution in [0, 0.1) is 12.8 Å². The van der Waals surface area contributed by atoms with Crippen molar-refractivity contribution in [2.45, 2.75) is 73.7 Å². The molecule has 1 heterocycles. The molecule has 0 spiro atoms. The third-order valence-electron chi connectivity index (χ3n) is 6.76. The summed E-state index contributed by atoms with van der Waals surface area (Å²) in [4.78, 5) is 12.0. The molecule has 40 heavy (non-hydrogen) atoms. The zero-order valence-corrected chi connectivity index (χ0v) is 24.8. The number of allylic oxidation sites excluding steroid dienone is 3. The van der Waals surface area contributed by atoms with Crippen LogP contribution in [0.15, 0.2) is 72.7 Å². The third-order valence-corrected chi connectivity index (χ3v) is 6.76. The minimum absolute atomic E-state index is 0.0998. The van der Waals surface area contributed by atoms with Crippen molar-refractivity contribution in [2.24, 2.45) is 5.92 Å². The summed E-state index contributed by atoms with van der Waals surface area (Å²) in [6.45, 7) is 13.6. The highest BCUT2D eigenvalue weighted by Gasteiger charge is 2.31. The number of hydrogen-bond donors (Lipinski definition) is 0. The van der Waals surface area contributed by atoms with E-state index in [9.17, 15) is 18.0 Å². The first-order valence-electron chi connectivity index (χ1n) is 14.0. The molecule has 4 nitrogen and oxygen atoms in total. The number of likely N-dealkylation sites (N-methyl/N-ethyl adjacent to an activating group) is 1. The number of nitrogens with zero attached hydrogens (tertiary/aromatic N) is 2. The zero-order chi connectivity index (χ0) is 29.9. The molecule has 0 bridgehead atoms. The van der Waals surface area contributed by atoms with Gasteiger partial charge in [0, 0.05) is 25.4 Å². The first kappa shape index (κ1) is 32.9. The Hall–Kier alpha value is -3.32. The standard InChI is InChI=1S/C22H26N2O.C9H11F3O.C2H6/c1-5-19-12-20(11-16(2)22(19)17(3)25)21-14-23(4)24(15-21)13-18-9-7-6-8-10-18;1-2-7-3-5-8(6-4-7)13-9(10,11)12;1-2/h6-12,15H,5,13-14H2,1-4H3;3,5-7H,2,4H2,1H3;1-2H3. The van der Waals surface area contributed by atoms with Crippen LogP contribution >= 0.6 is 0 Å². The maximum atomic E-state index is 12.0. The molecule has 2 aromatic rings. The number of hydrogen-bond acceptors (Lipinski definition) is 4. The van der Waals surface area contributed by atoms with Crippen LogP contribution in [0.25, 0.3) is 5.57 Å². The van der Waals surface area contributed by atoms with Crippen LogP contribution in [0.2, 0.25) is 0 Å². The van der Waals surface area contributed by atoms with Crippen LogP contribution in [-0.2, 0) is 17.7 Å². The van der Waals surface area contributed by atoms with Gasteiger partial charge in [-0.15, -0.1) is 13.2 Å². The van der Waals surface area contributed by atoms with Gasteiger partial charge in [-0.25, -0.2) is 5.01 Å². The number of Topliss-reactive ketones (excluding diaryl/α,β-unsaturated/α-hetero) is 1. The first-order valence-corrected chi connectivity index (χ1v) is 14.0. The molecular weight excluding hydrogens is 513 g/mol. The summed E-state index contributed by atoms with van der Waals surface area (Å²) < 4.78 is 38.9. The number of carbonyl (C=O) groups is 1. The van der Waals surface area contributed by atoms with E-state index in [1.54, 1.807) is 13.0 Å². The molecule has 0 radical (unpaired) electrons. The molecular formula is C33H43F3N2O2. The number of ether oxygens (including phenoxy) is 1. The number of halogens is 3. The van der Waals surface area contributed by atoms with Gasteiger partial charge in [0.25, 0.3) is 0 Å². The Morgan fingerprint density at radius 2 is 1.77 bits per heavy atom. The largest absolute Gasteiger partial charge is 0.573 e. The van der Waals surface area contributed by atoms with Gasteiger partial charge in [-0.05, 0) is 79.0 Å². The molecule has 2 aliphatic rings. The van der Waals surface area contributed by atoms with E-state index in [4.69, 9.17) is 0 Å². The highest BCUT2D eigenvalue weighted by Crippen LogP contribution is 2.29. The van der Waals surface area contributed by atoms with Crippen molar-refractivity contribution in [3.63, 3.8) is 0 Å². The fourth-order valence-electron chi connectivity index (χ4n) is 4.74. The second-order valence-electron chi connectivity index (χ2n) is 9.71. The molecule has 1 atom stereocenters.